The summed E-state index contributed by atoms with van der Waals surface area (Å²) in [7, 11) is 0. The zero-order valence-corrected chi connectivity index (χ0v) is 23.9. The number of rotatable bonds is 5. The van der Waals surface area contributed by atoms with Crippen molar-refractivity contribution in [3.05, 3.63) is 34.9 Å². The Kier molecular flexibility index (Phi) is 8.54. The van der Waals surface area contributed by atoms with E-state index in [1.807, 2.05) is 60.6 Å². The lowest BCUT2D eigenvalue weighted by Crippen LogP contribution is -2.60. The van der Waals surface area contributed by atoms with Gasteiger partial charge in [-0.25, -0.2) is 4.79 Å². The highest BCUT2D eigenvalue weighted by molar-refractivity contribution is 6.30. The Hall–Kier alpha value is -2.32. The number of ether oxygens (including phenoxy) is 1. The summed E-state index contributed by atoms with van der Waals surface area (Å²) < 4.78 is 5.43. The van der Waals surface area contributed by atoms with Gasteiger partial charge in [-0.1, -0.05) is 51.4 Å². The topological polar surface area (TPSA) is 99.2 Å². The van der Waals surface area contributed by atoms with Gasteiger partial charge in [0.25, 0.3) is 0 Å². The Morgan fingerprint density at radius 3 is 2.27 bits per heavy atom. The van der Waals surface area contributed by atoms with Crippen LogP contribution in [0.25, 0.3) is 0 Å². The summed E-state index contributed by atoms with van der Waals surface area (Å²) >= 11 is 6.04. The first-order valence-corrected chi connectivity index (χ1v) is 13.5. The van der Waals surface area contributed by atoms with Crippen LogP contribution in [0.2, 0.25) is 5.02 Å². The van der Waals surface area contributed by atoms with Crippen LogP contribution in [0, 0.1) is 17.3 Å². The van der Waals surface area contributed by atoms with E-state index in [0.29, 0.717) is 37.5 Å². The largest absolute Gasteiger partial charge is 0.444 e. The van der Waals surface area contributed by atoms with Gasteiger partial charge in [-0.3, -0.25) is 9.59 Å². The van der Waals surface area contributed by atoms with Gasteiger partial charge in [0.15, 0.2) is 0 Å². The first kappa shape index (κ1) is 29.2. The molecule has 2 heterocycles. The maximum absolute atomic E-state index is 13.6. The van der Waals surface area contributed by atoms with Crippen LogP contribution < -0.4 is 5.32 Å². The van der Waals surface area contributed by atoms with Crippen LogP contribution >= 0.6 is 11.6 Å². The van der Waals surface area contributed by atoms with Crippen molar-refractivity contribution in [3.63, 3.8) is 0 Å². The van der Waals surface area contributed by atoms with Gasteiger partial charge in [-0.15, -0.1) is 0 Å². The van der Waals surface area contributed by atoms with Gasteiger partial charge in [-0.05, 0) is 57.2 Å². The minimum Gasteiger partial charge on any atom is -0.444 e. The van der Waals surface area contributed by atoms with Crippen molar-refractivity contribution in [2.45, 2.75) is 78.6 Å². The van der Waals surface area contributed by atoms with E-state index in [4.69, 9.17) is 16.3 Å². The van der Waals surface area contributed by atoms with E-state index in [9.17, 15) is 19.5 Å². The predicted molar refractivity (Wildman–Crippen MR) is 143 cm³/mol. The molecule has 0 aliphatic carbocycles. The standard InChI is InChI=1S/C28H42ClN3O5/c1-18(2)22(30-23(33)19-12-14-31(16-19)25(35)37-26(3,4)5)24(34)32-15-13-28(36,27(6,7)17-32)20-8-10-21(29)11-9-20/h8-11,18-19,22,36H,12-17H2,1-7H3,(H,30,33)/t19-,22+,28-/m0/s1. The molecule has 1 aromatic rings. The second-order valence-electron chi connectivity index (χ2n) is 12.4. The lowest BCUT2D eigenvalue weighted by molar-refractivity contribution is -0.157. The summed E-state index contributed by atoms with van der Waals surface area (Å²) in [5.41, 5.74) is -1.56. The molecule has 0 spiro atoms. The average Bonchev–Trinajstić information content (AvgIpc) is 3.28. The summed E-state index contributed by atoms with van der Waals surface area (Å²) in [4.78, 5) is 42.4. The molecular formula is C28H42ClN3O5. The number of amides is 3. The van der Waals surface area contributed by atoms with Crippen LogP contribution in [-0.2, 0) is 19.9 Å². The minimum absolute atomic E-state index is 0.125. The molecule has 2 N–H and O–H groups in total. The number of piperidine rings is 1. The van der Waals surface area contributed by atoms with E-state index in [0.717, 1.165) is 5.56 Å². The highest BCUT2D eigenvalue weighted by Crippen LogP contribution is 2.46. The van der Waals surface area contributed by atoms with Gasteiger partial charge in [0.2, 0.25) is 11.8 Å². The lowest BCUT2D eigenvalue weighted by atomic mass is 9.66. The SMILES string of the molecule is CC(C)[C@@H](NC(=O)[C@H]1CCN(C(=O)OC(C)(C)C)C1)C(=O)N1CC[C@](O)(c2ccc(Cl)cc2)C(C)(C)C1. The van der Waals surface area contributed by atoms with Crippen molar-refractivity contribution in [1.82, 2.24) is 15.1 Å². The fourth-order valence-electron chi connectivity index (χ4n) is 5.22. The van der Waals surface area contributed by atoms with Crippen LogP contribution in [0.15, 0.2) is 24.3 Å². The van der Waals surface area contributed by atoms with Crippen LogP contribution in [0.3, 0.4) is 0 Å². The Morgan fingerprint density at radius 2 is 1.73 bits per heavy atom. The van der Waals surface area contributed by atoms with E-state index in [-0.39, 0.29) is 24.3 Å². The Bertz CT molecular complexity index is 1000. The van der Waals surface area contributed by atoms with Gasteiger partial charge >= 0.3 is 6.09 Å². The first-order chi connectivity index (χ1) is 17.0. The molecule has 0 unspecified atom stereocenters. The summed E-state index contributed by atoms with van der Waals surface area (Å²) in [6.45, 7) is 14.6. The molecule has 37 heavy (non-hydrogen) atoms. The summed E-state index contributed by atoms with van der Waals surface area (Å²) in [6, 6.07) is 6.50. The number of benzene rings is 1. The molecule has 9 heteroatoms. The van der Waals surface area contributed by atoms with Crippen LogP contribution in [0.4, 0.5) is 4.79 Å². The number of halogens is 1. The molecule has 206 valence electrons. The zero-order valence-electron chi connectivity index (χ0n) is 23.1. The number of likely N-dealkylation sites (tertiary alicyclic amines) is 2. The lowest BCUT2D eigenvalue weighted by Gasteiger charge is -2.51. The Morgan fingerprint density at radius 1 is 1.11 bits per heavy atom. The van der Waals surface area contributed by atoms with E-state index in [2.05, 4.69) is 5.32 Å². The highest BCUT2D eigenvalue weighted by Gasteiger charge is 2.50. The smallest absolute Gasteiger partial charge is 0.410 e. The fourth-order valence-corrected chi connectivity index (χ4v) is 5.34. The minimum atomic E-state index is -1.11. The molecule has 8 nitrogen and oxygen atoms in total. The van der Waals surface area contributed by atoms with Gasteiger partial charge in [0, 0.05) is 36.6 Å². The molecular weight excluding hydrogens is 494 g/mol. The third-order valence-corrected chi connectivity index (χ3v) is 7.78. The first-order valence-electron chi connectivity index (χ1n) is 13.1. The number of carbonyl (C=O) groups is 3. The second-order valence-corrected chi connectivity index (χ2v) is 12.8. The van der Waals surface area contributed by atoms with Gasteiger partial charge in [0.1, 0.15) is 11.6 Å². The Balaban J connectivity index is 1.65. The van der Waals surface area contributed by atoms with Crippen molar-refractivity contribution in [3.8, 4) is 0 Å². The zero-order chi connectivity index (χ0) is 27.8. The van der Waals surface area contributed by atoms with Gasteiger partial charge < -0.3 is 25.0 Å². The molecule has 2 saturated heterocycles. The molecule has 2 aliphatic rings. The summed E-state index contributed by atoms with van der Waals surface area (Å²) in [5, 5.41) is 15.2. The molecule has 0 radical (unpaired) electrons. The van der Waals surface area contributed by atoms with E-state index < -0.39 is 34.7 Å². The monoisotopic (exact) mass is 535 g/mol. The molecule has 3 rings (SSSR count). The fraction of sp³-hybridized carbons (Fsp3) is 0.679. The van der Waals surface area contributed by atoms with Crippen molar-refractivity contribution in [2.75, 3.05) is 26.2 Å². The summed E-state index contributed by atoms with van der Waals surface area (Å²) in [5.74, 6) is -0.905. The third kappa shape index (κ3) is 6.58. The molecule has 0 saturated carbocycles. The predicted octanol–water partition coefficient (Wildman–Crippen LogP) is 4.18. The number of hydrogen-bond acceptors (Lipinski definition) is 5. The maximum atomic E-state index is 13.6. The summed E-state index contributed by atoms with van der Waals surface area (Å²) in [6.07, 6.45) is 0.470. The van der Waals surface area contributed by atoms with Crippen molar-refractivity contribution in [1.29, 1.82) is 0 Å². The molecule has 3 amide bonds. The highest BCUT2D eigenvalue weighted by atomic mass is 35.5. The molecule has 0 aromatic heterocycles. The molecule has 0 bridgehead atoms. The van der Waals surface area contributed by atoms with Gasteiger partial charge in [0.05, 0.1) is 11.5 Å². The number of aliphatic hydroxyl groups is 1. The number of hydrogen-bond donors (Lipinski definition) is 2. The van der Waals surface area contributed by atoms with E-state index in [1.165, 1.54) is 0 Å². The van der Waals surface area contributed by atoms with Crippen molar-refractivity contribution < 1.29 is 24.2 Å². The number of nitrogens with zero attached hydrogens (tertiary/aromatic N) is 2. The van der Waals surface area contributed by atoms with Crippen LogP contribution in [0.5, 0.6) is 0 Å². The number of carbonyl (C=O) groups excluding carboxylic acids is 3. The average molecular weight is 536 g/mol. The van der Waals surface area contributed by atoms with Gasteiger partial charge in [-0.2, -0.15) is 0 Å². The van der Waals surface area contributed by atoms with Crippen molar-refractivity contribution in [2.24, 2.45) is 17.3 Å². The van der Waals surface area contributed by atoms with E-state index >= 15 is 0 Å². The third-order valence-electron chi connectivity index (χ3n) is 7.52. The van der Waals surface area contributed by atoms with Crippen LogP contribution in [-0.4, -0.2) is 70.6 Å². The quantitative estimate of drug-likeness (QED) is 0.589. The van der Waals surface area contributed by atoms with E-state index in [1.54, 1.807) is 21.9 Å². The molecule has 2 aliphatic heterocycles. The maximum Gasteiger partial charge on any atom is 0.410 e. The molecule has 3 atom stereocenters. The molecule has 2 fully saturated rings. The normalized spacial score (nSPS) is 24.6. The Labute approximate surface area is 225 Å². The number of nitrogens with one attached hydrogen (secondary N) is 1. The second kappa shape index (κ2) is 10.8. The molecule has 1 aromatic carbocycles. The van der Waals surface area contributed by atoms with Crippen molar-refractivity contribution >= 4 is 29.5 Å². The van der Waals surface area contributed by atoms with Crippen LogP contribution in [0.1, 0.15) is 66.9 Å².